The van der Waals surface area contributed by atoms with Gasteiger partial charge in [0.15, 0.2) is 18.9 Å². The summed E-state index contributed by atoms with van der Waals surface area (Å²) in [4.78, 5) is 0. The first-order valence-corrected chi connectivity index (χ1v) is 10.3. The first-order valence-electron chi connectivity index (χ1n) is 10.3. The van der Waals surface area contributed by atoms with E-state index in [4.69, 9.17) is 23.7 Å². The van der Waals surface area contributed by atoms with Crippen molar-refractivity contribution in [3.05, 3.63) is 0 Å². The number of aliphatic hydroxyl groups excluding tert-OH is 9. The van der Waals surface area contributed by atoms with E-state index in [1.807, 2.05) is 0 Å². The minimum Gasteiger partial charge on any atom is -0.394 e. The average Bonchev–Trinajstić information content (AvgIpc) is 2.74. The first-order chi connectivity index (χ1) is 15.0. The molecule has 0 aliphatic carbocycles. The molecule has 14 atom stereocenters. The zero-order chi connectivity index (χ0) is 23.7. The van der Waals surface area contributed by atoms with Crippen LogP contribution in [0.2, 0.25) is 0 Å². The Morgan fingerprint density at radius 1 is 0.719 bits per heavy atom. The van der Waals surface area contributed by atoms with E-state index in [1.54, 1.807) is 0 Å². The Bertz CT molecular complexity index is 582. The van der Waals surface area contributed by atoms with E-state index in [2.05, 4.69) is 0 Å². The number of hydrogen-bond acceptors (Lipinski definition) is 14. The number of rotatable bonds is 6. The quantitative estimate of drug-likeness (QED) is 0.176. The van der Waals surface area contributed by atoms with Crippen LogP contribution < -0.4 is 0 Å². The molecule has 1 unspecified atom stereocenters. The van der Waals surface area contributed by atoms with Gasteiger partial charge in [-0.1, -0.05) is 0 Å². The molecule has 0 aromatic heterocycles. The van der Waals surface area contributed by atoms with E-state index in [1.165, 1.54) is 6.92 Å². The summed E-state index contributed by atoms with van der Waals surface area (Å²) < 4.78 is 26.8. The third-order valence-corrected chi connectivity index (χ3v) is 5.89. The van der Waals surface area contributed by atoms with Crippen molar-refractivity contribution in [1.29, 1.82) is 0 Å². The molecular weight excluding hydrogens is 440 g/mol. The van der Waals surface area contributed by atoms with E-state index in [-0.39, 0.29) is 6.42 Å². The van der Waals surface area contributed by atoms with Crippen LogP contribution in [0, 0.1) is 0 Å². The molecule has 0 radical (unpaired) electrons. The van der Waals surface area contributed by atoms with Crippen LogP contribution in [0.15, 0.2) is 0 Å². The predicted molar refractivity (Wildman–Crippen MR) is 98.5 cm³/mol. The molecule has 3 aliphatic rings. The smallest absolute Gasteiger partial charge is 0.187 e. The van der Waals surface area contributed by atoms with Crippen LogP contribution in [-0.2, 0) is 23.7 Å². The summed E-state index contributed by atoms with van der Waals surface area (Å²) in [5.41, 5.74) is 0. The standard InChI is InChI=1S/C18H32O14/c1-5-16(6(20)2-9(21)29-5)32-18-15(27)13(25)11(23)8(31-18)4-28-17-14(26)12(24)10(22)7(3-19)30-17/h5-27H,2-4H2,1H3/t5-,6-,7-,8-,9?,10-,11-,12+,13+,14-,15-,16+,17-,18+/m1/s1. The van der Waals surface area contributed by atoms with E-state index < -0.39 is 99.2 Å². The molecule has 3 aliphatic heterocycles. The molecular formula is C18H32O14. The second-order valence-corrected chi connectivity index (χ2v) is 8.24. The van der Waals surface area contributed by atoms with Gasteiger partial charge in [0.2, 0.25) is 0 Å². The predicted octanol–water partition coefficient (Wildman–Crippen LogP) is -5.52. The fourth-order valence-corrected chi connectivity index (χ4v) is 3.95. The molecule has 0 spiro atoms. The van der Waals surface area contributed by atoms with Gasteiger partial charge < -0.3 is 69.6 Å². The number of aliphatic hydroxyl groups is 9. The molecule has 0 aromatic carbocycles. The molecule has 0 amide bonds. The van der Waals surface area contributed by atoms with Crippen molar-refractivity contribution in [1.82, 2.24) is 0 Å². The van der Waals surface area contributed by atoms with Gasteiger partial charge in [0.05, 0.1) is 25.4 Å². The second-order valence-electron chi connectivity index (χ2n) is 8.24. The molecule has 0 saturated carbocycles. The summed E-state index contributed by atoms with van der Waals surface area (Å²) in [6, 6.07) is 0. The Kier molecular flexibility index (Phi) is 8.79. The van der Waals surface area contributed by atoms with Crippen LogP contribution in [0.5, 0.6) is 0 Å². The minimum absolute atomic E-state index is 0.146. The normalized spacial score (nSPS) is 52.7. The minimum atomic E-state index is -1.72. The average molecular weight is 472 g/mol. The van der Waals surface area contributed by atoms with E-state index in [9.17, 15) is 46.0 Å². The topological polar surface area (TPSA) is 228 Å². The summed E-state index contributed by atoms with van der Waals surface area (Å²) >= 11 is 0. The summed E-state index contributed by atoms with van der Waals surface area (Å²) in [5.74, 6) is 0. The molecule has 3 heterocycles. The third-order valence-electron chi connectivity index (χ3n) is 5.89. The van der Waals surface area contributed by atoms with Gasteiger partial charge in [-0.3, -0.25) is 0 Å². The Morgan fingerprint density at radius 3 is 1.88 bits per heavy atom. The van der Waals surface area contributed by atoms with Crippen molar-refractivity contribution in [3.8, 4) is 0 Å². The molecule has 32 heavy (non-hydrogen) atoms. The number of ether oxygens (including phenoxy) is 5. The molecule has 14 heteroatoms. The van der Waals surface area contributed by atoms with Crippen molar-refractivity contribution in [2.45, 2.75) is 99.4 Å². The second kappa shape index (κ2) is 10.8. The lowest BCUT2D eigenvalue weighted by Gasteiger charge is -2.45. The molecule has 9 N–H and O–H groups in total. The summed E-state index contributed by atoms with van der Waals surface area (Å²) in [6.45, 7) is 0.356. The first kappa shape index (κ1) is 26.1. The monoisotopic (exact) mass is 472 g/mol. The van der Waals surface area contributed by atoms with Crippen LogP contribution in [0.25, 0.3) is 0 Å². The molecule has 3 fully saturated rings. The molecule has 0 bridgehead atoms. The van der Waals surface area contributed by atoms with Crippen molar-refractivity contribution >= 4 is 0 Å². The molecule has 0 aromatic rings. The van der Waals surface area contributed by atoms with Crippen molar-refractivity contribution in [2.24, 2.45) is 0 Å². The number of hydrogen-bond donors (Lipinski definition) is 9. The van der Waals surface area contributed by atoms with Crippen molar-refractivity contribution in [3.63, 3.8) is 0 Å². The van der Waals surface area contributed by atoms with Gasteiger partial charge in [-0.15, -0.1) is 0 Å². The lowest BCUT2D eigenvalue weighted by molar-refractivity contribution is -0.350. The maximum atomic E-state index is 10.2. The van der Waals surface area contributed by atoms with E-state index >= 15 is 0 Å². The van der Waals surface area contributed by atoms with Crippen LogP contribution in [-0.4, -0.2) is 145 Å². The van der Waals surface area contributed by atoms with Crippen LogP contribution in [0.3, 0.4) is 0 Å². The highest BCUT2D eigenvalue weighted by molar-refractivity contribution is 4.92. The van der Waals surface area contributed by atoms with Gasteiger partial charge >= 0.3 is 0 Å². The Hall–Kier alpha value is -0.560. The van der Waals surface area contributed by atoms with Crippen LogP contribution >= 0.6 is 0 Å². The van der Waals surface area contributed by atoms with E-state index in [0.717, 1.165) is 0 Å². The van der Waals surface area contributed by atoms with Gasteiger partial charge in [0.25, 0.3) is 0 Å². The van der Waals surface area contributed by atoms with Crippen molar-refractivity contribution < 1.29 is 69.6 Å². The highest BCUT2D eigenvalue weighted by Crippen LogP contribution is 2.29. The van der Waals surface area contributed by atoms with Gasteiger partial charge in [-0.25, -0.2) is 0 Å². The highest BCUT2D eigenvalue weighted by Gasteiger charge is 2.49. The summed E-state index contributed by atoms with van der Waals surface area (Å²) in [7, 11) is 0. The maximum absolute atomic E-state index is 10.2. The Labute approximate surface area is 183 Å². The van der Waals surface area contributed by atoms with Gasteiger partial charge in [-0.05, 0) is 6.92 Å². The van der Waals surface area contributed by atoms with Gasteiger partial charge in [0, 0.05) is 6.42 Å². The maximum Gasteiger partial charge on any atom is 0.187 e. The summed E-state index contributed by atoms with van der Waals surface area (Å²) in [6.07, 6.45) is -19.8. The zero-order valence-electron chi connectivity index (χ0n) is 17.3. The molecule has 3 rings (SSSR count). The van der Waals surface area contributed by atoms with Crippen LogP contribution in [0.1, 0.15) is 13.3 Å². The summed E-state index contributed by atoms with van der Waals surface area (Å²) in [5, 5.41) is 89.3. The van der Waals surface area contributed by atoms with Gasteiger partial charge in [-0.2, -0.15) is 0 Å². The lowest BCUT2D eigenvalue weighted by atomic mass is 9.98. The largest absolute Gasteiger partial charge is 0.394 e. The molecule has 14 nitrogen and oxygen atoms in total. The van der Waals surface area contributed by atoms with E-state index in [0.29, 0.717) is 0 Å². The molecule has 188 valence electrons. The highest BCUT2D eigenvalue weighted by atomic mass is 16.7. The third kappa shape index (κ3) is 5.39. The fraction of sp³-hybridized carbons (Fsp3) is 1.00. The SMILES string of the molecule is C[C@H]1OC(O)C[C@@H](O)[C@H]1O[C@@H]1O[C@H](CO[C@@H]2O[C@H](CO)[C@@H](O)[C@H](O)[C@H]2O)[C@@H](O)[C@H](O)[C@H]1O. The lowest BCUT2D eigenvalue weighted by Crippen LogP contribution is -2.63. The zero-order valence-corrected chi connectivity index (χ0v) is 17.3. The van der Waals surface area contributed by atoms with Crippen molar-refractivity contribution in [2.75, 3.05) is 13.2 Å². The van der Waals surface area contributed by atoms with Crippen LogP contribution in [0.4, 0.5) is 0 Å². The fourth-order valence-electron chi connectivity index (χ4n) is 3.95. The molecule has 3 saturated heterocycles. The Balaban J connectivity index is 1.62. The van der Waals surface area contributed by atoms with Gasteiger partial charge in [0.1, 0.15) is 54.9 Å². The Morgan fingerprint density at radius 2 is 1.28 bits per heavy atom.